The van der Waals surface area contributed by atoms with E-state index in [9.17, 15) is 9.90 Å². The molecule has 3 heterocycles. The van der Waals surface area contributed by atoms with Crippen LogP contribution in [0.25, 0.3) is 0 Å². The van der Waals surface area contributed by atoms with Gasteiger partial charge in [-0.3, -0.25) is 9.69 Å². The Kier molecular flexibility index (Phi) is 5.45. The van der Waals surface area contributed by atoms with Gasteiger partial charge in [-0.1, -0.05) is 23.7 Å². The van der Waals surface area contributed by atoms with Gasteiger partial charge in [0.2, 0.25) is 5.91 Å². The Bertz CT molecular complexity index is 821. The molecule has 0 unspecified atom stereocenters. The molecule has 0 aliphatic carbocycles. The molecule has 1 aromatic carbocycles. The summed E-state index contributed by atoms with van der Waals surface area (Å²) < 4.78 is 1.98. The van der Waals surface area contributed by atoms with Crippen molar-refractivity contribution in [2.75, 3.05) is 26.2 Å². The summed E-state index contributed by atoms with van der Waals surface area (Å²) in [5.41, 5.74) is 0.454. The van der Waals surface area contributed by atoms with Gasteiger partial charge < -0.3 is 14.6 Å². The number of piperidine rings is 1. The lowest BCUT2D eigenvalue weighted by atomic mass is 9.89. The molecule has 1 N–H and O–H groups in total. The Morgan fingerprint density at radius 3 is 2.54 bits per heavy atom. The molecule has 6 nitrogen and oxygen atoms in total. The SMILES string of the molecule is Cc1nccn1CC1(O)CCN(C(=O)C2CN(Cc3ccc(Cl)cc3)C2)CC1. The number of aliphatic hydroxyl groups is 1. The number of benzene rings is 1. The van der Waals surface area contributed by atoms with Crippen LogP contribution in [0.1, 0.15) is 24.2 Å². The number of carbonyl (C=O) groups is 1. The first-order chi connectivity index (χ1) is 13.4. The number of aromatic nitrogens is 2. The Morgan fingerprint density at radius 1 is 1.25 bits per heavy atom. The summed E-state index contributed by atoms with van der Waals surface area (Å²) in [6, 6.07) is 7.87. The zero-order chi connectivity index (χ0) is 19.7. The molecule has 0 atom stereocenters. The molecule has 7 heteroatoms. The molecule has 0 saturated carbocycles. The molecule has 1 aromatic heterocycles. The molecule has 0 bridgehead atoms. The van der Waals surface area contributed by atoms with Crippen LogP contribution in [0.4, 0.5) is 0 Å². The first-order valence-electron chi connectivity index (χ1n) is 9.88. The summed E-state index contributed by atoms with van der Waals surface area (Å²) in [6.07, 6.45) is 4.87. The Balaban J connectivity index is 1.23. The average molecular weight is 403 g/mol. The van der Waals surface area contributed by atoms with Crippen LogP contribution in [0.15, 0.2) is 36.7 Å². The maximum atomic E-state index is 12.8. The third-order valence-electron chi connectivity index (χ3n) is 6.02. The summed E-state index contributed by atoms with van der Waals surface area (Å²) in [7, 11) is 0. The highest BCUT2D eigenvalue weighted by molar-refractivity contribution is 6.30. The van der Waals surface area contributed by atoms with E-state index in [1.54, 1.807) is 6.20 Å². The van der Waals surface area contributed by atoms with Gasteiger partial charge in [-0.15, -0.1) is 0 Å². The van der Waals surface area contributed by atoms with E-state index in [0.717, 1.165) is 30.5 Å². The number of rotatable bonds is 5. The zero-order valence-corrected chi connectivity index (χ0v) is 17.0. The molecular weight excluding hydrogens is 376 g/mol. The van der Waals surface area contributed by atoms with Crippen LogP contribution in [0.3, 0.4) is 0 Å². The minimum Gasteiger partial charge on any atom is -0.388 e. The Labute approximate surface area is 170 Å². The summed E-state index contributed by atoms with van der Waals surface area (Å²) in [5, 5.41) is 11.6. The molecule has 0 radical (unpaired) electrons. The van der Waals surface area contributed by atoms with Crippen molar-refractivity contribution in [3.8, 4) is 0 Å². The van der Waals surface area contributed by atoms with E-state index in [1.165, 1.54) is 5.56 Å². The van der Waals surface area contributed by atoms with Crippen molar-refractivity contribution < 1.29 is 9.90 Å². The first-order valence-corrected chi connectivity index (χ1v) is 10.3. The van der Waals surface area contributed by atoms with Gasteiger partial charge in [0, 0.05) is 50.1 Å². The van der Waals surface area contributed by atoms with Crippen molar-refractivity contribution in [2.45, 2.75) is 38.5 Å². The largest absolute Gasteiger partial charge is 0.388 e. The fourth-order valence-electron chi connectivity index (χ4n) is 4.15. The fraction of sp³-hybridized carbons (Fsp3) is 0.524. The topological polar surface area (TPSA) is 61.6 Å². The normalized spacial score (nSPS) is 20.2. The number of imidazole rings is 1. The number of carbonyl (C=O) groups excluding carboxylic acids is 1. The summed E-state index contributed by atoms with van der Waals surface area (Å²) in [6.45, 7) is 6.18. The minimum atomic E-state index is -0.761. The van der Waals surface area contributed by atoms with Crippen LogP contribution in [0.5, 0.6) is 0 Å². The molecule has 2 aliphatic rings. The first kappa shape index (κ1) is 19.4. The molecule has 2 saturated heterocycles. The van der Waals surface area contributed by atoms with Crippen LogP contribution >= 0.6 is 11.6 Å². The number of halogens is 1. The molecule has 2 aromatic rings. The second-order valence-electron chi connectivity index (χ2n) is 8.17. The van der Waals surface area contributed by atoms with Gasteiger partial charge in [0.05, 0.1) is 18.1 Å². The smallest absolute Gasteiger partial charge is 0.228 e. The van der Waals surface area contributed by atoms with Gasteiger partial charge in [0.1, 0.15) is 5.82 Å². The molecule has 150 valence electrons. The zero-order valence-electron chi connectivity index (χ0n) is 16.2. The van der Waals surface area contributed by atoms with Crippen LogP contribution < -0.4 is 0 Å². The number of amides is 1. The minimum absolute atomic E-state index is 0.0781. The maximum Gasteiger partial charge on any atom is 0.228 e. The quantitative estimate of drug-likeness (QED) is 0.833. The van der Waals surface area contributed by atoms with E-state index < -0.39 is 5.60 Å². The van der Waals surface area contributed by atoms with Crippen molar-refractivity contribution >= 4 is 17.5 Å². The molecule has 1 amide bonds. The summed E-state index contributed by atoms with van der Waals surface area (Å²) in [4.78, 5) is 21.2. The number of nitrogens with zero attached hydrogens (tertiary/aromatic N) is 4. The second kappa shape index (κ2) is 7.85. The maximum absolute atomic E-state index is 12.8. The van der Waals surface area contributed by atoms with Crippen molar-refractivity contribution in [1.29, 1.82) is 0 Å². The lowest BCUT2D eigenvalue weighted by Crippen LogP contribution is -2.57. The fourth-order valence-corrected chi connectivity index (χ4v) is 4.28. The summed E-state index contributed by atoms with van der Waals surface area (Å²) >= 11 is 5.93. The van der Waals surface area contributed by atoms with Crippen LogP contribution in [-0.2, 0) is 17.9 Å². The van der Waals surface area contributed by atoms with Crippen LogP contribution in [-0.4, -0.2) is 62.1 Å². The molecule has 0 spiro atoms. The number of hydrogen-bond acceptors (Lipinski definition) is 4. The number of likely N-dealkylation sites (tertiary alicyclic amines) is 2. The molecule has 2 aliphatic heterocycles. The highest BCUT2D eigenvalue weighted by Crippen LogP contribution is 2.28. The Morgan fingerprint density at radius 2 is 1.93 bits per heavy atom. The lowest BCUT2D eigenvalue weighted by molar-refractivity contribution is -0.146. The number of aryl methyl sites for hydroxylation is 1. The predicted octanol–water partition coefficient (Wildman–Crippen LogP) is 2.33. The summed E-state index contributed by atoms with van der Waals surface area (Å²) in [5.74, 6) is 1.21. The van der Waals surface area contributed by atoms with Crippen molar-refractivity contribution in [1.82, 2.24) is 19.4 Å². The standard InChI is InChI=1S/C21H27ClN4O2/c1-16-23-8-11-26(16)15-21(28)6-9-25(10-7-21)20(27)18-13-24(14-18)12-17-2-4-19(22)5-3-17/h2-5,8,11,18,28H,6-7,9-10,12-15H2,1H3. The van der Waals surface area contributed by atoms with Crippen LogP contribution in [0, 0.1) is 12.8 Å². The van der Waals surface area contributed by atoms with E-state index in [1.807, 2.05) is 46.9 Å². The molecule has 2 fully saturated rings. The molecule has 4 rings (SSSR count). The van der Waals surface area contributed by atoms with E-state index in [4.69, 9.17) is 11.6 Å². The van der Waals surface area contributed by atoms with Gasteiger partial charge in [-0.2, -0.15) is 0 Å². The van der Waals surface area contributed by atoms with Crippen LogP contribution in [0.2, 0.25) is 5.02 Å². The van der Waals surface area contributed by atoms with E-state index in [2.05, 4.69) is 9.88 Å². The molecular formula is C21H27ClN4O2. The van der Waals surface area contributed by atoms with Gasteiger partial charge in [-0.25, -0.2) is 4.98 Å². The predicted molar refractivity (Wildman–Crippen MR) is 108 cm³/mol. The van der Waals surface area contributed by atoms with E-state index in [0.29, 0.717) is 32.5 Å². The van der Waals surface area contributed by atoms with Crippen molar-refractivity contribution in [3.63, 3.8) is 0 Å². The van der Waals surface area contributed by atoms with Crippen molar-refractivity contribution in [2.24, 2.45) is 5.92 Å². The van der Waals surface area contributed by atoms with Gasteiger partial charge in [-0.05, 0) is 37.5 Å². The van der Waals surface area contributed by atoms with Crippen molar-refractivity contribution in [3.05, 3.63) is 53.1 Å². The number of hydrogen-bond donors (Lipinski definition) is 1. The van der Waals surface area contributed by atoms with E-state index in [-0.39, 0.29) is 11.8 Å². The lowest BCUT2D eigenvalue weighted by Gasteiger charge is -2.44. The second-order valence-corrected chi connectivity index (χ2v) is 8.61. The van der Waals surface area contributed by atoms with Gasteiger partial charge in [0.15, 0.2) is 0 Å². The monoisotopic (exact) mass is 402 g/mol. The third kappa shape index (κ3) is 4.24. The average Bonchev–Trinajstić information content (AvgIpc) is 3.03. The highest BCUT2D eigenvalue weighted by atomic mass is 35.5. The third-order valence-corrected chi connectivity index (χ3v) is 6.27. The van der Waals surface area contributed by atoms with E-state index >= 15 is 0 Å². The Hall–Kier alpha value is -1.89. The highest BCUT2D eigenvalue weighted by Gasteiger charge is 2.39. The van der Waals surface area contributed by atoms with Gasteiger partial charge >= 0.3 is 0 Å². The molecule has 28 heavy (non-hydrogen) atoms. The van der Waals surface area contributed by atoms with Gasteiger partial charge in [0.25, 0.3) is 0 Å².